The van der Waals surface area contributed by atoms with E-state index in [1.807, 2.05) is 4.72 Å². The van der Waals surface area contributed by atoms with Gasteiger partial charge in [0.1, 0.15) is 22.0 Å². The molecule has 3 rings (SSSR count). The van der Waals surface area contributed by atoms with Crippen molar-refractivity contribution < 1.29 is 26.8 Å². The summed E-state index contributed by atoms with van der Waals surface area (Å²) in [6, 6.07) is 9.88. The van der Waals surface area contributed by atoms with Crippen molar-refractivity contribution in [1.29, 1.82) is 0 Å². The minimum atomic E-state index is -4.21. The fraction of sp³-hybridized carbons (Fsp3) is 0.167. The average Bonchev–Trinajstić information content (AvgIpc) is 3.06. The van der Waals surface area contributed by atoms with Crippen molar-refractivity contribution in [3.8, 4) is 5.75 Å². The quantitative estimate of drug-likeness (QED) is 0.718. The number of nitrogens with zero attached hydrogens (tertiary/aromatic N) is 1. The van der Waals surface area contributed by atoms with Crippen LogP contribution in [0, 0.1) is 5.82 Å². The van der Waals surface area contributed by atoms with E-state index in [1.165, 1.54) is 31.4 Å². The van der Waals surface area contributed by atoms with Gasteiger partial charge in [0.05, 0.1) is 12.5 Å². The van der Waals surface area contributed by atoms with Crippen molar-refractivity contribution in [3.63, 3.8) is 0 Å². The van der Waals surface area contributed by atoms with E-state index >= 15 is 0 Å². The summed E-state index contributed by atoms with van der Waals surface area (Å²) >= 11 is 0. The molecule has 0 spiro atoms. The lowest BCUT2D eigenvalue weighted by atomic mass is 10.2. The maximum absolute atomic E-state index is 14.2. The molecule has 1 heterocycles. The number of halogens is 1. The number of carbonyl (C=O) groups is 1. The predicted octanol–water partition coefficient (Wildman–Crippen LogP) is 2.77. The van der Waals surface area contributed by atoms with Gasteiger partial charge >= 0.3 is 5.91 Å². The largest absolute Gasteiger partial charge is 0.495 e. The number of amides is 1. The number of rotatable bonds is 5. The number of anilines is 1. The summed E-state index contributed by atoms with van der Waals surface area (Å²) in [6.45, 7) is 0. The van der Waals surface area contributed by atoms with Gasteiger partial charge in [-0.3, -0.25) is 4.79 Å². The molecule has 9 heteroatoms. The summed E-state index contributed by atoms with van der Waals surface area (Å²) in [7, 11) is 0.580. The van der Waals surface area contributed by atoms with E-state index in [0.29, 0.717) is 5.69 Å². The van der Waals surface area contributed by atoms with Crippen LogP contribution in [0.2, 0.25) is 0 Å². The Hall–Kier alpha value is -3.07. The first-order valence-corrected chi connectivity index (χ1v) is 9.32. The fourth-order valence-electron chi connectivity index (χ4n) is 2.52. The first kappa shape index (κ1) is 18.7. The van der Waals surface area contributed by atoms with Crippen molar-refractivity contribution >= 4 is 32.6 Å². The van der Waals surface area contributed by atoms with Crippen LogP contribution in [0.5, 0.6) is 5.75 Å². The molecule has 1 aromatic heterocycles. The molecule has 0 atom stereocenters. The lowest BCUT2D eigenvalue weighted by Crippen LogP contribution is -2.30. The number of furan rings is 1. The van der Waals surface area contributed by atoms with Crippen molar-refractivity contribution in [1.82, 2.24) is 4.72 Å². The van der Waals surface area contributed by atoms with Gasteiger partial charge in [0.25, 0.3) is 10.0 Å². The lowest BCUT2D eigenvalue weighted by molar-refractivity contribution is 0.0956. The van der Waals surface area contributed by atoms with Crippen LogP contribution in [-0.2, 0) is 10.0 Å². The number of nitrogens with one attached hydrogen (secondary N) is 1. The van der Waals surface area contributed by atoms with Crippen LogP contribution in [0.15, 0.2) is 51.8 Å². The second kappa shape index (κ2) is 6.92. The predicted molar refractivity (Wildman–Crippen MR) is 98.1 cm³/mol. The van der Waals surface area contributed by atoms with E-state index in [0.717, 1.165) is 6.07 Å². The van der Waals surface area contributed by atoms with E-state index in [-0.39, 0.29) is 27.4 Å². The third-order valence-corrected chi connectivity index (χ3v) is 5.27. The molecular weight excluding hydrogens is 375 g/mol. The fourth-order valence-corrected chi connectivity index (χ4v) is 3.65. The molecule has 0 saturated heterocycles. The third-order valence-electron chi connectivity index (χ3n) is 3.90. The van der Waals surface area contributed by atoms with Crippen molar-refractivity contribution in [3.05, 3.63) is 54.0 Å². The number of para-hydroxylation sites is 1. The molecular formula is C18H17FN2O5S. The molecule has 3 aromatic rings. The highest BCUT2D eigenvalue weighted by Gasteiger charge is 2.25. The Morgan fingerprint density at radius 1 is 1.19 bits per heavy atom. The Balaban J connectivity index is 1.95. The topological polar surface area (TPSA) is 88.8 Å². The van der Waals surface area contributed by atoms with Crippen LogP contribution in [-0.4, -0.2) is 35.5 Å². The zero-order valence-electron chi connectivity index (χ0n) is 14.8. The van der Waals surface area contributed by atoms with Crippen molar-refractivity contribution in [2.45, 2.75) is 4.90 Å². The lowest BCUT2D eigenvalue weighted by Gasteiger charge is -2.11. The minimum absolute atomic E-state index is 0.0837. The summed E-state index contributed by atoms with van der Waals surface area (Å²) in [5.41, 5.74) is 0.682. The molecule has 0 aliphatic rings. The molecule has 1 amide bonds. The molecule has 0 aliphatic heterocycles. The third kappa shape index (κ3) is 3.59. The highest BCUT2D eigenvalue weighted by molar-refractivity contribution is 7.90. The van der Waals surface area contributed by atoms with Gasteiger partial charge in [0.15, 0.2) is 5.76 Å². The summed E-state index contributed by atoms with van der Waals surface area (Å²) in [5.74, 6) is -1.82. The van der Waals surface area contributed by atoms with E-state index in [1.54, 1.807) is 31.1 Å². The van der Waals surface area contributed by atoms with Gasteiger partial charge in [-0.1, -0.05) is 12.1 Å². The molecule has 0 saturated carbocycles. The van der Waals surface area contributed by atoms with E-state index in [2.05, 4.69) is 0 Å². The van der Waals surface area contributed by atoms with Gasteiger partial charge in [-0.25, -0.2) is 17.5 Å². The van der Waals surface area contributed by atoms with Crippen molar-refractivity contribution in [2.75, 3.05) is 26.1 Å². The number of hydrogen-bond acceptors (Lipinski definition) is 6. The molecule has 1 N–H and O–H groups in total. The zero-order chi connectivity index (χ0) is 19.8. The van der Waals surface area contributed by atoms with Gasteiger partial charge in [0.2, 0.25) is 0 Å². The number of ether oxygens (including phenoxy) is 1. The second-order valence-corrected chi connectivity index (χ2v) is 7.58. The Labute approximate surface area is 155 Å². The van der Waals surface area contributed by atoms with E-state index < -0.39 is 21.7 Å². The SMILES string of the molecule is COc1ccccc1S(=O)(=O)NC(=O)c1cc2c(F)cc(N(C)C)cc2o1. The molecule has 0 bridgehead atoms. The standard InChI is InChI=1S/C18H17FN2O5S/c1-21(2)11-8-13(19)12-10-16(26-15(12)9-11)18(22)20-27(23,24)17-7-5-4-6-14(17)25-3/h4-10H,1-3H3,(H,20,22). The first-order chi connectivity index (χ1) is 12.7. The Morgan fingerprint density at radius 3 is 2.56 bits per heavy atom. The zero-order valence-corrected chi connectivity index (χ0v) is 15.6. The normalized spacial score (nSPS) is 11.4. The van der Waals surface area contributed by atoms with E-state index in [9.17, 15) is 17.6 Å². The highest BCUT2D eigenvalue weighted by atomic mass is 32.2. The molecule has 0 radical (unpaired) electrons. The van der Waals surface area contributed by atoms with Crippen LogP contribution < -0.4 is 14.4 Å². The van der Waals surface area contributed by atoms with E-state index in [4.69, 9.17) is 9.15 Å². The molecule has 142 valence electrons. The van der Waals surface area contributed by atoms with Gasteiger partial charge in [-0.2, -0.15) is 0 Å². The summed E-state index contributed by atoms with van der Waals surface area (Å²) < 4.78 is 51.5. The molecule has 27 heavy (non-hydrogen) atoms. The molecule has 2 aromatic carbocycles. The van der Waals surface area contributed by atoms with Gasteiger partial charge in [0, 0.05) is 31.9 Å². The first-order valence-electron chi connectivity index (χ1n) is 7.83. The molecule has 0 fully saturated rings. The summed E-state index contributed by atoms with van der Waals surface area (Å²) in [4.78, 5) is 13.9. The number of carbonyl (C=O) groups excluding carboxylic acids is 1. The highest BCUT2D eigenvalue weighted by Crippen LogP contribution is 2.28. The summed E-state index contributed by atoms with van der Waals surface area (Å²) in [5, 5.41) is 0.0837. The maximum atomic E-state index is 14.2. The van der Waals surface area contributed by atoms with Crippen LogP contribution in [0.1, 0.15) is 10.6 Å². The van der Waals surface area contributed by atoms with Gasteiger partial charge in [-0.15, -0.1) is 0 Å². The Morgan fingerprint density at radius 2 is 1.89 bits per heavy atom. The van der Waals surface area contributed by atoms with Crippen LogP contribution >= 0.6 is 0 Å². The average molecular weight is 392 g/mol. The van der Waals surface area contributed by atoms with Crippen LogP contribution in [0.25, 0.3) is 11.0 Å². The molecule has 0 unspecified atom stereocenters. The number of benzene rings is 2. The summed E-state index contributed by atoms with van der Waals surface area (Å²) in [6.07, 6.45) is 0. The Kier molecular flexibility index (Phi) is 4.79. The van der Waals surface area contributed by atoms with Crippen LogP contribution in [0.3, 0.4) is 0 Å². The van der Waals surface area contributed by atoms with Crippen molar-refractivity contribution in [2.24, 2.45) is 0 Å². The smallest absolute Gasteiger partial charge is 0.300 e. The second-order valence-electron chi connectivity index (χ2n) is 5.93. The maximum Gasteiger partial charge on any atom is 0.300 e. The van der Waals surface area contributed by atoms with Gasteiger partial charge in [-0.05, 0) is 18.2 Å². The minimum Gasteiger partial charge on any atom is -0.495 e. The van der Waals surface area contributed by atoms with Crippen LogP contribution in [0.4, 0.5) is 10.1 Å². The number of fused-ring (bicyclic) bond motifs is 1. The molecule has 7 nitrogen and oxygen atoms in total. The van der Waals surface area contributed by atoms with Gasteiger partial charge < -0.3 is 14.1 Å². The number of hydrogen-bond donors (Lipinski definition) is 1. The monoisotopic (exact) mass is 392 g/mol. The number of sulfonamides is 1. The molecule has 0 aliphatic carbocycles. The Bertz CT molecular complexity index is 1120. The number of methoxy groups -OCH3 is 1.